The van der Waals surface area contributed by atoms with Crippen molar-refractivity contribution >= 4 is 11.8 Å². The minimum Gasteiger partial charge on any atom is -0.461 e. The van der Waals surface area contributed by atoms with Gasteiger partial charge in [0.15, 0.2) is 5.82 Å². The van der Waals surface area contributed by atoms with E-state index in [1.54, 1.807) is 27.9 Å². The Morgan fingerprint density at radius 2 is 1.24 bits per heavy atom. The number of allylic oxidation sites excluding steroid dienone is 6. The Kier molecular flexibility index (Phi) is 12.1. The first-order valence-corrected chi connectivity index (χ1v) is 34.3. The van der Waals surface area contributed by atoms with Gasteiger partial charge in [0.1, 0.15) is 17.2 Å². The average molecular weight is 1160 g/mol. The number of para-hydroxylation sites is 1. The predicted octanol–water partition coefficient (Wildman–Crippen LogP) is 19.8. The van der Waals surface area contributed by atoms with Crippen molar-refractivity contribution in [1.29, 1.82) is 5.26 Å². The predicted molar refractivity (Wildman–Crippen MR) is 353 cm³/mol. The lowest BCUT2D eigenvalue weighted by Crippen LogP contribution is -2.62. The van der Waals surface area contributed by atoms with E-state index in [1.807, 2.05) is 12.3 Å². The fourth-order valence-electron chi connectivity index (χ4n) is 25.9. The fourth-order valence-corrected chi connectivity index (χ4v) is 25.9. The second-order valence-corrected chi connectivity index (χ2v) is 35.5. The maximum absolute atomic E-state index is 10.9. The van der Waals surface area contributed by atoms with Gasteiger partial charge in [0.2, 0.25) is 0 Å². The third-order valence-corrected chi connectivity index (χ3v) is 28.0. The number of hydrogen-bond donors (Lipinski definition) is 0. The van der Waals surface area contributed by atoms with Crippen molar-refractivity contribution in [1.82, 2.24) is 14.5 Å². The maximum atomic E-state index is 10.9. The molecule has 2 aromatic carbocycles. The molecule has 7 heteroatoms. The summed E-state index contributed by atoms with van der Waals surface area (Å²) in [5, 5.41) is 10.9. The minimum atomic E-state index is -0.523. The van der Waals surface area contributed by atoms with Crippen LogP contribution in [0.25, 0.3) is 28.1 Å². The number of fused-ring (bicyclic) bond motifs is 28. The van der Waals surface area contributed by atoms with Gasteiger partial charge in [-0.15, -0.1) is 0 Å². The minimum absolute atomic E-state index is 0.120. The molecule has 0 N–H and O–H groups in total. The molecular weight excluding hydrogens is 1060 g/mol. The topological polar surface area (TPSA) is 71.3 Å². The third-order valence-electron chi connectivity index (χ3n) is 28.0. The van der Waals surface area contributed by atoms with E-state index in [0.717, 1.165) is 71.4 Å². The van der Waals surface area contributed by atoms with Gasteiger partial charge >= 0.3 is 0 Å². The Bertz CT molecular complexity index is 3700. The van der Waals surface area contributed by atoms with Gasteiger partial charge in [-0.25, -0.2) is 20.1 Å². The van der Waals surface area contributed by atoms with Crippen LogP contribution in [-0.2, 0) is 11.2 Å². The summed E-state index contributed by atoms with van der Waals surface area (Å²) < 4.78 is 10.1. The molecule has 456 valence electrons. The van der Waals surface area contributed by atoms with Crippen molar-refractivity contribution < 1.29 is 4.74 Å². The lowest BCUT2D eigenvalue weighted by Gasteiger charge is -2.67. The fraction of sp³-hybridized carbons (Fsp3) is 0.625. The van der Waals surface area contributed by atoms with E-state index in [0.29, 0.717) is 69.7 Å². The zero-order valence-corrected chi connectivity index (χ0v) is 56.5. The standard InChI is InChI=1S/C80H100N6O/c1-40(2)45-23-22-24-46(41(3)4)71(45)86-34-33-83-73(86)54-32-27-47-49-36-43(37-55(47)84-54)66(49)80(74(5,6)7,75(8,9)10)57-38-42(56(39-81)82-19)35-44(87-57)25-26-48-58-64(69-62-52-30-28-50(76(52,11)12)60(62)67(58)78(69,15)16)72(85(20)21)65-59(48)68-61-51-29-31-53(77(51,13)14)63(61)70(65)79(68,17)18/h22-27,32-35,38,40-41,43,49-53,60-63,66-70H,28-31,36-37H2,1-18,20-21H3/b26-25+,56-42+. The van der Waals surface area contributed by atoms with Gasteiger partial charge in [-0.3, -0.25) is 4.57 Å². The van der Waals surface area contributed by atoms with Gasteiger partial charge in [0, 0.05) is 43.3 Å². The van der Waals surface area contributed by atoms with Crippen LogP contribution in [0.1, 0.15) is 248 Å². The van der Waals surface area contributed by atoms with E-state index >= 15 is 0 Å². The van der Waals surface area contributed by atoms with Crippen molar-refractivity contribution in [3.8, 4) is 23.3 Å². The molecule has 0 saturated heterocycles. The number of benzene rings is 2. The molecule has 15 atom stereocenters. The number of imidazole rings is 1. The Morgan fingerprint density at radius 3 is 1.71 bits per heavy atom. The molecule has 87 heavy (non-hydrogen) atoms. The first kappa shape index (κ1) is 57.8. The Balaban J connectivity index is 0.868. The first-order valence-electron chi connectivity index (χ1n) is 34.3. The van der Waals surface area contributed by atoms with E-state index in [2.05, 4.69) is 214 Å². The van der Waals surface area contributed by atoms with Crippen molar-refractivity contribution in [2.45, 2.75) is 205 Å². The molecule has 3 heterocycles. The molecule has 7 saturated carbocycles. The van der Waals surface area contributed by atoms with Gasteiger partial charge < -0.3 is 9.64 Å². The highest BCUT2D eigenvalue weighted by molar-refractivity contribution is 5.82. The highest BCUT2D eigenvalue weighted by atomic mass is 16.5. The number of pyridine rings is 1. The molecule has 7 fully saturated rings. The lowest BCUT2D eigenvalue weighted by atomic mass is 9.37. The number of anilines is 1. The molecule has 4 aromatic rings. The van der Waals surface area contributed by atoms with Gasteiger partial charge in [-0.2, -0.15) is 0 Å². The van der Waals surface area contributed by atoms with Crippen molar-refractivity contribution in [2.24, 2.45) is 97.1 Å². The average Bonchev–Trinajstić information content (AvgIpc) is 1.48. The van der Waals surface area contributed by atoms with E-state index in [1.165, 1.54) is 59.3 Å². The highest BCUT2D eigenvalue weighted by Crippen LogP contribution is 2.87. The Labute approximate surface area is 522 Å². The van der Waals surface area contributed by atoms with Crippen LogP contribution in [0.5, 0.6) is 0 Å². The lowest BCUT2D eigenvalue weighted by molar-refractivity contribution is -0.151. The van der Waals surface area contributed by atoms with E-state index in [-0.39, 0.29) is 39.2 Å². The molecule has 2 aromatic heterocycles. The van der Waals surface area contributed by atoms with Gasteiger partial charge in [-0.05, 0) is 246 Å². The van der Waals surface area contributed by atoms with E-state index < -0.39 is 5.41 Å². The molecular formula is C80H100N6O. The summed E-state index contributed by atoms with van der Waals surface area (Å²) in [6, 6.07) is 13.8. The molecule has 1 aliphatic heterocycles. The van der Waals surface area contributed by atoms with E-state index in [9.17, 15) is 5.26 Å². The molecule has 0 spiro atoms. The number of hydrogen-bond acceptors (Lipinski definition) is 5. The Morgan fingerprint density at radius 1 is 0.724 bits per heavy atom. The second-order valence-electron chi connectivity index (χ2n) is 35.5. The quantitative estimate of drug-likeness (QED) is 0.0949. The van der Waals surface area contributed by atoms with Crippen LogP contribution in [0.3, 0.4) is 0 Å². The zero-order chi connectivity index (χ0) is 61.8. The normalized spacial score (nSPS) is 34.7. The number of nitrogens with zero attached hydrogens (tertiary/aromatic N) is 6. The molecule has 0 radical (unpaired) electrons. The Hall–Kier alpha value is -5.66. The van der Waals surface area contributed by atoms with Crippen molar-refractivity contribution in [2.75, 3.05) is 19.0 Å². The van der Waals surface area contributed by atoms with Gasteiger partial charge in [0.05, 0.1) is 18.3 Å². The summed E-state index contributed by atoms with van der Waals surface area (Å²) in [6.45, 7) is 53.5. The summed E-state index contributed by atoms with van der Waals surface area (Å²) in [5.41, 5.74) is 17.9. The van der Waals surface area contributed by atoms with Crippen LogP contribution in [0.2, 0.25) is 0 Å². The second kappa shape index (κ2) is 18.3. The summed E-state index contributed by atoms with van der Waals surface area (Å²) >= 11 is 0. The zero-order valence-electron chi connectivity index (χ0n) is 56.5. The molecule has 0 amide bonds. The summed E-state index contributed by atoms with van der Waals surface area (Å²) in [6.07, 6.45) is 20.6. The molecule has 10 aliphatic carbocycles. The van der Waals surface area contributed by atoms with Gasteiger partial charge in [0.25, 0.3) is 5.70 Å². The van der Waals surface area contributed by atoms with Crippen LogP contribution >= 0.6 is 0 Å². The molecule has 10 bridgehead atoms. The third kappa shape index (κ3) is 7.06. The summed E-state index contributed by atoms with van der Waals surface area (Å²) in [4.78, 5) is 17.2. The molecule has 15 rings (SSSR count). The maximum Gasteiger partial charge on any atom is 0.269 e. The van der Waals surface area contributed by atoms with Crippen LogP contribution in [0, 0.1) is 115 Å². The monoisotopic (exact) mass is 1160 g/mol. The van der Waals surface area contributed by atoms with Crippen LogP contribution in [0.4, 0.5) is 5.69 Å². The van der Waals surface area contributed by atoms with Crippen molar-refractivity contribution in [3.63, 3.8) is 0 Å². The van der Waals surface area contributed by atoms with Gasteiger partial charge in [-0.1, -0.05) is 155 Å². The summed E-state index contributed by atoms with van der Waals surface area (Å²) in [5.74, 6) is 11.9. The van der Waals surface area contributed by atoms with E-state index in [4.69, 9.17) is 21.3 Å². The largest absolute Gasteiger partial charge is 0.461 e. The molecule has 7 nitrogen and oxygen atoms in total. The number of aromatic nitrogens is 3. The first-order chi connectivity index (χ1) is 40.9. The van der Waals surface area contributed by atoms with Crippen molar-refractivity contribution in [3.05, 3.63) is 145 Å². The number of rotatable bonds is 9. The summed E-state index contributed by atoms with van der Waals surface area (Å²) in [7, 11) is 4.79. The highest BCUT2D eigenvalue weighted by Gasteiger charge is 2.77. The van der Waals surface area contributed by atoms with Crippen LogP contribution in [-0.4, -0.2) is 28.6 Å². The van der Waals surface area contributed by atoms with Crippen LogP contribution in [0.15, 0.2) is 83.7 Å². The molecule has 11 aliphatic rings. The van der Waals surface area contributed by atoms with Crippen LogP contribution < -0.4 is 4.90 Å². The number of ether oxygens (including phenoxy) is 1. The molecule has 15 unspecified atom stereocenters. The number of nitriles is 1. The SMILES string of the molecule is [C-]#[N+]/C(C#N)=C1C=C(/C=C/c2c3c(c(N(C)C)c4c2C2C5C(C6CCC5C6(C)C)C4C2(C)C)C2C4C(C5CCC4C5(C)C)C3C2(C)C)OC(C(C2C3Cc4nc(-c5nccn5-c5c(C(C)C)cccc5C(C)C)ccc4C2C3)(C(C)(C)C)C(C)(C)C)=C\1. The smallest absolute Gasteiger partial charge is 0.269 e.